The molecule has 1 aliphatic rings. The van der Waals surface area contributed by atoms with Gasteiger partial charge in [-0.3, -0.25) is 14.7 Å². The molecule has 178 valence electrons. The third-order valence-electron chi connectivity index (χ3n) is 6.16. The minimum atomic E-state index is -0.373. The number of benzene rings is 1. The van der Waals surface area contributed by atoms with Crippen LogP contribution in [0.4, 0.5) is 4.39 Å². The van der Waals surface area contributed by atoms with E-state index in [4.69, 9.17) is 4.74 Å². The van der Waals surface area contributed by atoms with Gasteiger partial charge in [-0.15, -0.1) is 0 Å². The molecular weight excluding hydrogens is 437 g/mol. The first-order chi connectivity index (χ1) is 16.4. The highest BCUT2D eigenvalue weighted by molar-refractivity contribution is 5.93. The Morgan fingerprint density at radius 1 is 1.24 bits per heavy atom. The van der Waals surface area contributed by atoms with Gasteiger partial charge in [-0.05, 0) is 39.1 Å². The molecule has 0 saturated carbocycles. The molecule has 2 N–H and O–H groups in total. The molecule has 1 atom stereocenters. The number of aliphatic hydroxyl groups excluding tert-OH is 1. The second kappa shape index (κ2) is 8.69. The summed E-state index contributed by atoms with van der Waals surface area (Å²) >= 11 is 0. The van der Waals surface area contributed by atoms with E-state index in [1.807, 2.05) is 37.7 Å². The SMILES string of the molecule is Cc1nn(CCO)c2c1/C=C/c1n[nH]c3cc(F)c(cc13)-c1cnn(C)c1O[C@@H](C)CN(C)C2. The Balaban J connectivity index is 1.71. The maximum Gasteiger partial charge on any atom is 0.220 e. The van der Waals surface area contributed by atoms with Crippen LogP contribution in [0.25, 0.3) is 34.2 Å². The predicted molar refractivity (Wildman–Crippen MR) is 128 cm³/mol. The van der Waals surface area contributed by atoms with E-state index in [2.05, 4.69) is 25.3 Å². The first-order valence-corrected chi connectivity index (χ1v) is 11.3. The number of aromatic nitrogens is 6. The molecule has 10 heteroatoms. The number of aliphatic hydroxyl groups is 1. The van der Waals surface area contributed by atoms with Gasteiger partial charge in [-0.25, -0.2) is 9.07 Å². The Hall–Kier alpha value is -3.50. The Morgan fingerprint density at radius 3 is 2.85 bits per heavy atom. The van der Waals surface area contributed by atoms with Crippen molar-refractivity contribution < 1.29 is 14.2 Å². The monoisotopic (exact) mass is 465 g/mol. The number of aryl methyl sites for hydroxylation is 2. The Kier molecular flexibility index (Phi) is 5.70. The number of likely N-dealkylation sites (N-methyl/N-ethyl adjacent to an activating group) is 1. The third kappa shape index (κ3) is 3.88. The van der Waals surface area contributed by atoms with Crippen molar-refractivity contribution in [2.75, 3.05) is 20.2 Å². The van der Waals surface area contributed by atoms with E-state index in [-0.39, 0.29) is 18.5 Å². The number of fused-ring (bicyclic) bond motifs is 4. The van der Waals surface area contributed by atoms with Crippen LogP contribution in [-0.2, 0) is 20.1 Å². The number of nitrogens with zero attached hydrogens (tertiary/aromatic N) is 6. The van der Waals surface area contributed by atoms with E-state index in [9.17, 15) is 5.11 Å². The lowest BCUT2D eigenvalue weighted by atomic mass is 10.0. The van der Waals surface area contributed by atoms with Crippen molar-refractivity contribution in [3.05, 3.63) is 46.8 Å². The lowest BCUT2D eigenvalue weighted by Crippen LogP contribution is -2.32. The summed E-state index contributed by atoms with van der Waals surface area (Å²) in [4.78, 5) is 2.15. The van der Waals surface area contributed by atoms with Gasteiger partial charge in [0, 0.05) is 42.7 Å². The molecule has 0 unspecified atom stereocenters. The normalized spacial score (nSPS) is 17.8. The van der Waals surface area contributed by atoms with Gasteiger partial charge in [0.05, 0.1) is 47.5 Å². The highest BCUT2D eigenvalue weighted by Crippen LogP contribution is 2.35. The molecule has 9 nitrogen and oxygen atoms in total. The summed E-state index contributed by atoms with van der Waals surface area (Å²) in [6, 6.07) is 3.24. The van der Waals surface area contributed by atoms with Crippen LogP contribution in [-0.4, -0.2) is 66.1 Å². The van der Waals surface area contributed by atoms with Gasteiger partial charge in [0.1, 0.15) is 11.9 Å². The summed E-state index contributed by atoms with van der Waals surface area (Å²) in [6.45, 7) is 5.59. The van der Waals surface area contributed by atoms with Crippen LogP contribution in [0.15, 0.2) is 18.3 Å². The number of rotatable bonds is 2. The highest BCUT2D eigenvalue weighted by atomic mass is 19.1. The molecule has 4 heterocycles. The Bertz CT molecular complexity index is 1380. The van der Waals surface area contributed by atoms with Crippen molar-refractivity contribution in [3.63, 3.8) is 0 Å². The summed E-state index contributed by atoms with van der Waals surface area (Å²) in [6.07, 6.45) is 5.36. The Labute approximate surface area is 196 Å². The molecule has 0 amide bonds. The molecule has 0 radical (unpaired) electrons. The second-order valence-corrected chi connectivity index (χ2v) is 8.82. The number of nitrogens with one attached hydrogen (secondary N) is 1. The topological polar surface area (TPSA) is 97.0 Å². The molecular formula is C24H28FN7O2. The van der Waals surface area contributed by atoms with E-state index >= 15 is 4.39 Å². The molecule has 2 bridgehead atoms. The largest absolute Gasteiger partial charge is 0.473 e. The molecule has 0 spiro atoms. The quantitative estimate of drug-likeness (QED) is 0.473. The minimum absolute atomic E-state index is 0.00210. The van der Waals surface area contributed by atoms with Gasteiger partial charge < -0.3 is 9.84 Å². The van der Waals surface area contributed by atoms with Crippen LogP contribution in [0.3, 0.4) is 0 Å². The van der Waals surface area contributed by atoms with Gasteiger partial charge in [0.15, 0.2) is 0 Å². The van der Waals surface area contributed by atoms with Gasteiger partial charge in [0.25, 0.3) is 0 Å². The van der Waals surface area contributed by atoms with Gasteiger partial charge in [0.2, 0.25) is 5.88 Å². The zero-order chi connectivity index (χ0) is 24.0. The van der Waals surface area contributed by atoms with E-state index in [0.29, 0.717) is 47.9 Å². The summed E-state index contributed by atoms with van der Waals surface area (Å²) in [7, 11) is 3.80. The molecule has 0 fully saturated rings. The summed E-state index contributed by atoms with van der Waals surface area (Å²) in [5.74, 6) is 0.137. The fourth-order valence-corrected chi connectivity index (χ4v) is 4.60. The predicted octanol–water partition coefficient (Wildman–Crippen LogP) is 2.98. The molecule has 0 aliphatic carbocycles. The maximum absolute atomic E-state index is 15.1. The standard InChI is InChI=1S/C24H28FN7O2/c1-14-12-30(3)13-23-16(15(2)29-32(23)7-8-33)5-6-21-18-9-17(20(25)10-22(18)28-27-21)19-11-26-31(4)24(19)34-14/h5-6,9-11,14,33H,7-8,12-13H2,1-4H3,(H,27,28)/b6-5+/t14-/m0/s1. The van der Waals surface area contributed by atoms with Crippen LogP contribution < -0.4 is 4.74 Å². The number of ether oxygens (including phenoxy) is 1. The van der Waals surface area contributed by atoms with E-state index < -0.39 is 0 Å². The van der Waals surface area contributed by atoms with E-state index in [0.717, 1.165) is 22.3 Å². The first kappa shape index (κ1) is 22.3. The maximum atomic E-state index is 15.1. The van der Waals surface area contributed by atoms with Crippen molar-refractivity contribution in [3.8, 4) is 17.0 Å². The van der Waals surface area contributed by atoms with Crippen molar-refractivity contribution in [1.29, 1.82) is 0 Å². The van der Waals surface area contributed by atoms with E-state index in [1.54, 1.807) is 24.0 Å². The molecule has 0 saturated heterocycles. The Morgan fingerprint density at radius 2 is 2.06 bits per heavy atom. The van der Waals surface area contributed by atoms with Crippen molar-refractivity contribution in [2.24, 2.45) is 7.05 Å². The average Bonchev–Trinajstić information content (AvgIpc) is 3.42. The van der Waals surface area contributed by atoms with Crippen LogP contribution in [0.5, 0.6) is 5.88 Å². The molecule has 34 heavy (non-hydrogen) atoms. The van der Waals surface area contributed by atoms with Crippen LogP contribution in [0.1, 0.15) is 29.6 Å². The summed E-state index contributed by atoms with van der Waals surface area (Å²) in [5, 5.41) is 26.7. The molecule has 5 rings (SSSR count). The summed E-state index contributed by atoms with van der Waals surface area (Å²) in [5.41, 5.74) is 5.16. The van der Waals surface area contributed by atoms with Crippen molar-refractivity contribution >= 4 is 23.1 Å². The number of hydrogen-bond donors (Lipinski definition) is 2. The van der Waals surface area contributed by atoms with Gasteiger partial charge >= 0.3 is 0 Å². The van der Waals surface area contributed by atoms with Crippen LogP contribution >= 0.6 is 0 Å². The molecule has 1 aliphatic heterocycles. The minimum Gasteiger partial charge on any atom is -0.473 e. The fourth-order valence-electron chi connectivity index (χ4n) is 4.60. The lowest BCUT2D eigenvalue weighted by Gasteiger charge is -2.23. The molecule has 4 aromatic rings. The van der Waals surface area contributed by atoms with Crippen LogP contribution in [0, 0.1) is 12.7 Å². The number of H-pyrrole nitrogens is 1. The third-order valence-corrected chi connectivity index (χ3v) is 6.16. The lowest BCUT2D eigenvalue weighted by molar-refractivity contribution is 0.146. The number of hydrogen-bond acceptors (Lipinski definition) is 6. The van der Waals surface area contributed by atoms with Crippen LogP contribution in [0.2, 0.25) is 0 Å². The smallest absolute Gasteiger partial charge is 0.220 e. The van der Waals surface area contributed by atoms with Gasteiger partial charge in [-0.1, -0.05) is 0 Å². The zero-order valence-corrected chi connectivity index (χ0v) is 19.7. The first-order valence-electron chi connectivity index (χ1n) is 11.3. The van der Waals surface area contributed by atoms with Gasteiger partial charge in [-0.2, -0.15) is 15.3 Å². The molecule has 3 aromatic heterocycles. The molecule has 1 aromatic carbocycles. The average molecular weight is 466 g/mol. The zero-order valence-electron chi connectivity index (χ0n) is 19.7. The summed E-state index contributed by atoms with van der Waals surface area (Å²) < 4.78 is 24.9. The van der Waals surface area contributed by atoms with Crippen molar-refractivity contribution in [1.82, 2.24) is 34.7 Å². The van der Waals surface area contributed by atoms with Crippen molar-refractivity contribution in [2.45, 2.75) is 33.0 Å². The number of aromatic amines is 1. The second-order valence-electron chi connectivity index (χ2n) is 8.82. The fraction of sp³-hybridized carbons (Fsp3) is 0.375. The van der Waals surface area contributed by atoms with E-state index in [1.165, 1.54) is 6.07 Å². The highest BCUT2D eigenvalue weighted by Gasteiger charge is 2.22. The number of halogens is 1.